The Labute approximate surface area is 312 Å². The Balaban J connectivity index is 0.000000211. The van der Waals surface area contributed by atoms with E-state index >= 15 is 0 Å². The predicted octanol–water partition coefficient (Wildman–Crippen LogP) is 3.32. The average molecular weight is 741 g/mol. The zero-order valence-corrected chi connectivity index (χ0v) is 31.9. The normalized spacial score (nSPS) is 20.1. The van der Waals surface area contributed by atoms with Crippen molar-refractivity contribution < 1.29 is 47.5 Å². The number of benzene rings is 2. The van der Waals surface area contributed by atoms with Gasteiger partial charge in [-0.2, -0.15) is 0 Å². The summed E-state index contributed by atoms with van der Waals surface area (Å²) >= 11 is 0. The van der Waals surface area contributed by atoms with Crippen molar-refractivity contribution in [2.45, 2.75) is 65.1 Å². The summed E-state index contributed by atoms with van der Waals surface area (Å²) in [5.74, 6) is 2.70. The lowest BCUT2D eigenvalue weighted by atomic mass is 10.1. The fourth-order valence-corrected chi connectivity index (χ4v) is 6.56. The smallest absolute Gasteiger partial charge is 0.410 e. The molecule has 292 valence electrons. The molecule has 14 heteroatoms. The van der Waals surface area contributed by atoms with Gasteiger partial charge in [0, 0.05) is 45.8 Å². The number of fused-ring (bicyclic) bond motifs is 2. The summed E-state index contributed by atoms with van der Waals surface area (Å²) in [6.07, 6.45) is 1.22. The number of hydrogen-bond donors (Lipinski definition) is 1. The molecule has 0 aliphatic carbocycles. The second-order valence-corrected chi connectivity index (χ2v) is 14.2. The molecular formula is C39H56N4O10. The first-order valence-corrected chi connectivity index (χ1v) is 18.8. The van der Waals surface area contributed by atoms with Crippen LogP contribution in [0.1, 0.15) is 45.7 Å². The quantitative estimate of drug-likeness (QED) is 0.282. The third-order valence-electron chi connectivity index (χ3n) is 9.20. The van der Waals surface area contributed by atoms with Gasteiger partial charge in [-0.05, 0) is 82.9 Å². The molecule has 0 bridgehead atoms. The van der Waals surface area contributed by atoms with Crippen LogP contribution in [0, 0.1) is 0 Å². The summed E-state index contributed by atoms with van der Waals surface area (Å²) in [5, 5.41) is 3.26. The highest BCUT2D eigenvalue weighted by Gasteiger charge is 2.37. The van der Waals surface area contributed by atoms with Crippen LogP contribution in [0.3, 0.4) is 0 Å². The van der Waals surface area contributed by atoms with Gasteiger partial charge in [0.1, 0.15) is 44.1 Å². The molecule has 0 spiro atoms. The van der Waals surface area contributed by atoms with Crippen LogP contribution in [0.25, 0.3) is 0 Å². The molecule has 2 aromatic carbocycles. The van der Waals surface area contributed by atoms with E-state index in [1.807, 2.05) is 58.0 Å². The molecule has 1 N–H and O–H groups in total. The second-order valence-electron chi connectivity index (χ2n) is 14.2. The van der Waals surface area contributed by atoms with Crippen molar-refractivity contribution in [3.8, 4) is 23.0 Å². The van der Waals surface area contributed by atoms with E-state index < -0.39 is 17.7 Å². The molecular weight excluding hydrogens is 684 g/mol. The number of nitrogens with one attached hydrogen (secondary N) is 1. The van der Waals surface area contributed by atoms with Crippen LogP contribution in [0.4, 0.5) is 4.79 Å². The molecule has 6 rings (SSSR count). The van der Waals surface area contributed by atoms with Crippen LogP contribution in [0.15, 0.2) is 36.4 Å². The van der Waals surface area contributed by atoms with Crippen molar-refractivity contribution in [3.05, 3.63) is 47.5 Å². The Morgan fingerprint density at radius 3 is 1.75 bits per heavy atom. The highest BCUT2D eigenvalue weighted by Crippen LogP contribution is 2.32. The zero-order valence-electron chi connectivity index (χ0n) is 31.9. The topological polar surface area (TPSA) is 138 Å². The standard InChI is InChI=1S/C22H32N2O6.C17H24N2O4/c1-5-27-20(25)17-15-24(21(26)30-22(2,3)4)11-10-23(17)9-8-16-6-7-18-19(14-16)29-13-12-28-18;1-2-21-17(20)14-12-18-6-8-19(14)7-5-13-3-4-15-16(11-13)23-10-9-22-15/h6-7,14,17H,5,8-13,15H2,1-4H3;3-4,11,14,18H,2,5-10,12H2,1H3. The van der Waals surface area contributed by atoms with Gasteiger partial charge in [-0.15, -0.1) is 0 Å². The van der Waals surface area contributed by atoms with Crippen LogP contribution in [-0.2, 0) is 36.6 Å². The number of esters is 2. The molecule has 4 aliphatic heterocycles. The van der Waals surface area contributed by atoms with Crippen molar-refractivity contribution >= 4 is 18.0 Å². The minimum absolute atomic E-state index is 0.137. The van der Waals surface area contributed by atoms with Crippen molar-refractivity contribution in [3.63, 3.8) is 0 Å². The Hall–Kier alpha value is -4.27. The molecule has 2 fully saturated rings. The van der Waals surface area contributed by atoms with Crippen LogP contribution >= 0.6 is 0 Å². The summed E-state index contributed by atoms with van der Waals surface area (Å²) in [5.41, 5.74) is 1.72. The first kappa shape index (κ1) is 39.9. The summed E-state index contributed by atoms with van der Waals surface area (Å²) in [7, 11) is 0. The van der Waals surface area contributed by atoms with E-state index in [9.17, 15) is 14.4 Å². The Morgan fingerprint density at radius 1 is 0.717 bits per heavy atom. The molecule has 4 aliphatic rings. The number of carbonyl (C=O) groups is 3. The SMILES string of the molecule is CCOC(=O)C1CN(C(=O)OC(C)(C)C)CCN1CCc1ccc2c(c1)OCCO2.CCOC(=O)C1CNCCN1CCc1ccc2c(c1)OCCO2. The lowest BCUT2D eigenvalue weighted by molar-refractivity contribution is -0.152. The van der Waals surface area contributed by atoms with Crippen molar-refractivity contribution in [2.24, 2.45) is 0 Å². The summed E-state index contributed by atoms with van der Waals surface area (Å²) in [6.45, 7) is 17.4. The van der Waals surface area contributed by atoms with Gasteiger partial charge in [0.25, 0.3) is 0 Å². The van der Waals surface area contributed by atoms with Crippen LogP contribution in [0.5, 0.6) is 23.0 Å². The van der Waals surface area contributed by atoms with Gasteiger partial charge >= 0.3 is 18.0 Å². The van der Waals surface area contributed by atoms with Gasteiger partial charge in [-0.1, -0.05) is 12.1 Å². The minimum atomic E-state index is -0.578. The zero-order chi connectivity index (χ0) is 37.8. The summed E-state index contributed by atoms with van der Waals surface area (Å²) in [6, 6.07) is 11.3. The maximum Gasteiger partial charge on any atom is 0.410 e. The average Bonchev–Trinajstić information content (AvgIpc) is 3.16. The maximum atomic E-state index is 12.6. The van der Waals surface area contributed by atoms with Crippen LogP contribution in [-0.4, -0.2) is 142 Å². The molecule has 53 heavy (non-hydrogen) atoms. The molecule has 0 aromatic heterocycles. The fourth-order valence-electron chi connectivity index (χ4n) is 6.56. The second kappa shape index (κ2) is 19.2. The van der Waals surface area contributed by atoms with E-state index in [1.165, 1.54) is 5.56 Å². The Bertz CT molecular complexity index is 1530. The number of amides is 1. The number of rotatable bonds is 10. The van der Waals surface area contributed by atoms with Gasteiger partial charge < -0.3 is 43.4 Å². The maximum absolute atomic E-state index is 12.6. The van der Waals surface area contributed by atoms with Crippen LogP contribution < -0.4 is 24.3 Å². The third kappa shape index (κ3) is 11.6. The number of piperazine rings is 2. The molecule has 14 nitrogen and oxygen atoms in total. The molecule has 1 amide bonds. The highest BCUT2D eigenvalue weighted by molar-refractivity contribution is 5.78. The number of carbonyl (C=O) groups excluding carboxylic acids is 3. The Kier molecular flexibility index (Phi) is 14.4. The molecule has 2 aromatic rings. The largest absolute Gasteiger partial charge is 0.486 e. The fraction of sp³-hybridized carbons (Fsp3) is 0.615. The summed E-state index contributed by atoms with van der Waals surface area (Å²) < 4.78 is 38.3. The summed E-state index contributed by atoms with van der Waals surface area (Å²) in [4.78, 5) is 43.0. The van der Waals surface area contributed by atoms with Gasteiger partial charge in [0.15, 0.2) is 23.0 Å². The molecule has 0 radical (unpaired) electrons. The van der Waals surface area contributed by atoms with Gasteiger partial charge in [-0.3, -0.25) is 19.4 Å². The number of ether oxygens (including phenoxy) is 7. The predicted molar refractivity (Wildman–Crippen MR) is 197 cm³/mol. The first-order chi connectivity index (χ1) is 25.5. The van der Waals surface area contributed by atoms with Crippen LogP contribution in [0.2, 0.25) is 0 Å². The monoisotopic (exact) mass is 740 g/mol. The molecule has 2 saturated heterocycles. The molecule has 2 unspecified atom stereocenters. The van der Waals surface area contributed by atoms with E-state index in [2.05, 4.69) is 21.2 Å². The molecule has 0 saturated carbocycles. The third-order valence-corrected chi connectivity index (χ3v) is 9.20. The lowest BCUT2D eigenvalue weighted by Gasteiger charge is -2.40. The van der Waals surface area contributed by atoms with E-state index in [4.69, 9.17) is 33.2 Å². The van der Waals surface area contributed by atoms with Crippen molar-refractivity contribution in [1.29, 1.82) is 0 Å². The van der Waals surface area contributed by atoms with Crippen molar-refractivity contribution in [1.82, 2.24) is 20.0 Å². The van der Waals surface area contributed by atoms with E-state index in [1.54, 1.807) is 11.8 Å². The highest BCUT2D eigenvalue weighted by atomic mass is 16.6. The van der Waals surface area contributed by atoms with Gasteiger partial charge in [-0.25, -0.2) is 4.79 Å². The van der Waals surface area contributed by atoms with Gasteiger partial charge in [0.2, 0.25) is 0 Å². The minimum Gasteiger partial charge on any atom is -0.486 e. The van der Waals surface area contributed by atoms with E-state index in [0.29, 0.717) is 65.8 Å². The van der Waals surface area contributed by atoms with Crippen molar-refractivity contribution in [2.75, 3.05) is 92.0 Å². The lowest BCUT2D eigenvalue weighted by Crippen LogP contribution is -2.59. The Morgan fingerprint density at radius 2 is 1.23 bits per heavy atom. The number of hydrogen-bond acceptors (Lipinski definition) is 13. The molecule has 2 atom stereocenters. The number of nitrogens with zero attached hydrogens (tertiary/aromatic N) is 3. The van der Waals surface area contributed by atoms with E-state index in [-0.39, 0.29) is 24.5 Å². The first-order valence-electron chi connectivity index (χ1n) is 18.8. The molecule has 4 heterocycles. The van der Waals surface area contributed by atoms with Gasteiger partial charge in [0.05, 0.1) is 19.8 Å². The van der Waals surface area contributed by atoms with E-state index in [0.717, 1.165) is 61.0 Å².